The average Bonchev–Trinajstić information content (AvgIpc) is 3.44. The molecule has 1 aromatic carbocycles. The van der Waals surface area contributed by atoms with Gasteiger partial charge in [0, 0.05) is 25.7 Å². The predicted molar refractivity (Wildman–Crippen MR) is 113 cm³/mol. The first-order valence-corrected chi connectivity index (χ1v) is 10.9. The topological polar surface area (TPSA) is 117 Å². The van der Waals surface area contributed by atoms with E-state index in [1.54, 1.807) is 11.0 Å². The monoisotopic (exact) mass is 420 g/mol. The van der Waals surface area contributed by atoms with Gasteiger partial charge in [-0.05, 0) is 43.4 Å². The van der Waals surface area contributed by atoms with Crippen molar-refractivity contribution in [3.63, 3.8) is 0 Å². The summed E-state index contributed by atoms with van der Waals surface area (Å²) in [4.78, 5) is 31.5. The van der Waals surface area contributed by atoms with E-state index in [1.807, 2.05) is 41.8 Å². The van der Waals surface area contributed by atoms with Crippen LogP contribution in [-0.2, 0) is 9.59 Å². The van der Waals surface area contributed by atoms with Crippen LogP contribution in [0.5, 0.6) is 0 Å². The van der Waals surface area contributed by atoms with Crippen LogP contribution in [0.25, 0.3) is 0 Å². The Morgan fingerprint density at radius 2 is 2.06 bits per heavy atom. The molecule has 8 nitrogen and oxygen atoms in total. The van der Waals surface area contributed by atoms with Crippen LogP contribution >= 0.6 is 0 Å². The molecule has 8 heteroatoms. The SMILES string of the molecule is CC1CC(C#N)N(C(=O)C(N)CN2C[C@@H]3CC2C(=O)N3C(C)c2cccc(C#N)c2)C1. The largest absolute Gasteiger partial charge is 0.330 e. The molecule has 0 saturated carbocycles. The fraction of sp³-hybridized carbons (Fsp3) is 0.565. The molecule has 6 atom stereocenters. The van der Waals surface area contributed by atoms with Crippen LogP contribution in [0, 0.1) is 28.6 Å². The number of benzene rings is 1. The smallest absolute Gasteiger partial charge is 0.241 e. The predicted octanol–water partition coefficient (Wildman–Crippen LogP) is 0.992. The minimum atomic E-state index is -0.744. The first-order valence-electron chi connectivity index (χ1n) is 10.9. The summed E-state index contributed by atoms with van der Waals surface area (Å²) in [5, 5.41) is 18.5. The highest BCUT2D eigenvalue weighted by Crippen LogP contribution is 2.38. The Labute approximate surface area is 182 Å². The number of nitrogens with zero attached hydrogens (tertiary/aromatic N) is 5. The van der Waals surface area contributed by atoms with Crippen molar-refractivity contribution in [2.45, 2.75) is 56.9 Å². The van der Waals surface area contributed by atoms with E-state index < -0.39 is 12.1 Å². The van der Waals surface area contributed by atoms with Crippen LogP contribution < -0.4 is 5.73 Å². The fourth-order valence-corrected chi connectivity index (χ4v) is 5.38. The molecule has 162 valence electrons. The van der Waals surface area contributed by atoms with Crippen molar-refractivity contribution in [2.75, 3.05) is 19.6 Å². The molecule has 4 rings (SSSR count). The number of nitriles is 2. The molecule has 3 fully saturated rings. The van der Waals surface area contributed by atoms with Gasteiger partial charge < -0.3 is 15.5 Å². The molecule has 3 aliphatic heterocycles. The molecule has 3 aliphatic rings. The quantitative estimate of drug-likeness (QED) is 0.759. The van der Waals surface area contributed by atoms with Gasteiger partial charge in [0.05, 0.1) is 35.8 Å². The number of nitrogens with two attached hydrogens (primary N) is 1. The zero-order valence-corrected chi connectivity index (χ0v) is 17.9. The van der Waals surface area contributed by atoms with Crippen LogP contribution in [0.3, 0.4) is 0 Å². The van der Waals surface area contributed by atoms with Gasteiger partial charge >= 0.3 is 0 Å². The molecule has 2 amide bonds. The number of amides is 2. The molecule has 2 N–H and O–H groups in total. The second kappa shape index (κ2) is 8.30. The summed E-state index contributed by atoms with van der Waals surface area (Å²) in [5.74, 6) is 0.139. The summed E-state index contributed by atoms with van der Waals surface area (Å²) in [7, 11) is 0. The zero-order valence-electron chi connectivity index (χ0n) is 17.9. The van der Waals surface area contributed by atoms with E-state index in [1.165, 1.54) is 0 Å². The standard InChI is InChI=1S/C23H28N6O2/c1-14-6-18(10-25)28(11-14)22(30)20(26)13-27-12-19-8-21(27)23(31)29(19)15(2)17-5-3-4-16(7-17)9-24/h3-5,7,14-15,18-21H,6,8,11-13,26H2,1-2H3/t14?,15?,18?,19-,20?,21?/m0/s1. The second-order valence-electron chi connectivity index (χ2n) is 9.10. The Morgan fingerprint density at radius 3 is 2.74 bits per heavy atom. The molecular weight excluding hydrogens is 392 g/mol. The molecule has 0 radical (unpaired) electrons. The summed E-state index contributed by atoms with van der Waals surface area (Å²) in [6.07, 6.45) is 1.41. The molecule has 0 aliphatic carbocycles. The Bertz CT molecular complexity index is 966. The van der Waals surface area contributed by atoms with Gasteiger partial charge in [-0.25, -0.2) is 0 Å². The maximum absolute atomic E-state index is 13.1. The van der Waals surface area contributed by atoms with Gasteiger partial charge in [-0.2, -0.15) is 10.5 Å². The second-order valence-corrected chi connectivity index (χ2v) is 9.10. The van der Waals surface area contributed by atoms with Gasteiger partial charge in [-0.3, -0.25) is 14.5 Å². The van der Waals surface area contributed by atoms with E-state index in [-0.39, 0.29) is 29.9 Å². The molecule has 0 aromatic heterocycles. The zero-order chi connectivity index (χ0) is 22.3. The highest BCUT2D eigenvalue weighted by Gasteiger charge is 2.51. The van der Waals surface area contributed by atoms with Gasteiger partial charge in [-0.15, -0.1) is 0 Å². The summed E-state index contributed by atoms with van der Waals surface area (Å²) in [5.41, 5.74) is 7.77. The third-order valence-electron chi connectivity index (χ3n) is 6.92. The van der Waals surface area contributed by atoms with E-state index in [9.17, 15) is 14.9 Å². The van der Waals surface area contributed by atoms with Crippen molar-refractivity contribution in [3.05, 3.63) is 35.4 Å². The Kier molecular flexibility index (Phi) is 5.70. The fourth-order valence-electron chi connectivity index (χ4n) is 5.38. The molecule has 0 spiro atoms. The molecule has 2 bridgehead atoms. The lowest BCUT2D eigenvalue weighted by Crippen LogP contribution is -2.56. The summed E-state index contributed by atoms with van der Waals surface area (Å²) in [6, 6.07) is 10.3. The minimum absolute atomic E-state index is 0.0513. The van der Waals surface area contributed by atoms with Crippen LogP contribution in [-0.4, -0.2) is 70.3 Å². The minimum Gasteiger partial charge on any atom is -0.330 e. The highest BCUT2D eigenvalue weighted by atomic mass is 16.2. The third-order valence-corrected chi connectivity index (χ3v) is 6.92. The van der Waals surface area contributed by atoms with Crippen LogP contribution in [0.2, 0.25) is 0 Å². The van der Waals surface area contributed by atoms with E-state index in [2.05, 4.69) is 12.1 Å². The van der Waals surface area contributed by atoms with E-state index in [0.717, 1.165) is 12.0 Å². The number of carbonyl (C=O) groups is 2. The van der Waals surface area contributed by atoms with E-state index in [0.29, 0.717) is 37.5 Å². The summed E-state index contributed by atoms with van der Waals surface area (Å²) < 4.78 is 0. The van der Waals surface area contributed by atoms with E-state index in [4.69, 9.17) is 11.0 Å². The van der Waals surface area contributed by atoms with Gasteiger partial charge in [0.25, 0.3) is 0 Å². The number of hydrogen-bond acceptors (Lipinski definition) is 6. The number of carbonyl (C=O) groups excluding carboxylic acids is 2. The average molecular weight is 421 g/mol. The molecule has 3 saturated heterocycles. The van der Waals surface area contributed by atoms with Gasteiger partial charge in [0.2, 0.25) is 11.8 Å². The van der Waals surface area contributed by atoms with Crippen molar-refractivity contribution < 1.29 is 9.59 Å². The maximum atomic E-state index is 13.1. The van der Waals surface area contributed by atoms with Gasteiger partial charge in [0.15, 0.2) is 0 Å². The lowest BCUT2D eigenvalue weighted by atomic mass is 10.0. The number of rotatable bonds is 5. The number of likely N-dealkylation sites (tertiary alicyclic amines) is 3. The van der Waals surface area contributed by atoms with Gasteiger partial charge in [0.1, 0.15) is 6.04 Å². The first-order chi connectivity index (χ1) is 14.8. The normalized spacial score (nSPS) is 29.6. The van der Waals surface area contributed by atoms with Crippen molar-refractivity contribution >= 4 is 11.8 Å². The van der Waals surface area contributed by atoms with Crippen molar-refractivity contribution in [1.29, 1.82) is 10.5 Å². The first kappa shape index (κ1) is 21.3. The summed E-state index contributed by atoms with van der Waals surface area (Å²) >= 11 is 0. The lowest BCUT2D eigenvalue weighted by molar-refractivity contribution is -0.141. The lowest BCUT2D eigenvalue weighted by Gasteiger charge is -2.38. The van der Waals surface area contributed by atoms with Gasteiger partial charge in [-0.1, -0.05) is 19.1 Å². The van der Waals surface area contributed by atoms with Crippen molar-refractivity contribution in [1.82, 2.24) is 14.7 Å². The van der Waals surface area contributed by atoms with Crippen LogP contribution in [0.15, 0.2) is 24.3 Å². The molecular formula is C23H28N6O2. The number of fused-ring (bicyclic) bond motifs is 2. The number of piperazine rings is 1. The third kappa shape index (κ3) is 3.78. The van der Waals surface area contributed by atoms with Crippen LogP contribution in [0.4, 0.5) is 0 Å². The van der Waals surface area contributed by atoms with Crippen molar-refractivity contribution in [2.24, 2.45) is 11.7 Å². The molecule has 1 aromatic rings. The maximum Gasteiger partial charge on any atom is 0.241 e. The number of hydrogen-bond donors (Lipinski definition) is 1. The summed E-state index contributed by atoms with van der Waals surface area (Å²) in [6.45, 7) is 5.58. The molecule has 5 unspecified atom stereocenters. The highest BCUT2D eigenvalue weighted by molar-refractivity contribution is 5.87. The Balaban J connectivity index is 1.40. The molecule has 3 heterocycles. The van der Waals surface area contributed by atoms with Crippen LogP contribution in [0.1, 0.15) is 43.9 Å². The Morgan fingerprint density at radius 1 is 1.29 bits per heavy atom. The molecule has 31 heavy (non-hydrogen) atoms. The Hall–Kier alpha value is -2.94. The van der Waals surface area contributed by atoms with E-state index >= 15 is 0 Å². The van der Waals surface area contributed by atoms with Crippen molar-refractivity contribution in [3.8, 4) is 12.1 Å².